The van der Waals surface area contributed by atoms with Gasteiger partial charge in [-0.3, -0.25) is 19.2 Å². The third kappa shape index (κ3) is 23.2. The maximum Gasteiger partial charge on any atom is 0.272 e. The monoisotopic (exact) mass is 484 g/mol. The predicted molar refractivity (Wildman–Crippen MR) is 110 cm³/mol. The number of ketones is 4. The molecule has 0 spiro atoms. The first-order valence-corrected chi connectivity index (χ1v) is 9.69. The van der Waals surface area contributed by atoms with Crippen LogP contribution in [0, 0.1) is 0 Å². The summed E-state index contributed by atoms with van der Waals surface area (Å²) in [7, 11) is 0. The number of carbonyl (C=O) groups is 4. The van der Waals surface area contributed by atoms with E-state index in [-0.39, 0.29) is 56.2 Å². The normalized spacial score (nSPS) is 9.24. The Balaban J connectivity index is -0.000000451. The first-order chi connectivity index (χ1) is 13.1. The molecule has 0 radical (unpaired) electrons. The molecule has 0 saturated carbocycles. The summed E-state index contributed by atoms with van der Waals surface area (Å²) in [4.78, 5) is 61.6. The smallest absolute Gasteiger partial charge is 0.272 e. The topological polar surface area (TPSA) is 105 Å². The molecule has 0 aliphatic rings. The van der Waals surface area contributed by atoms with Crippen LogP contribution in [0.15, 0.2) is 0 Å². The van der Waals surface area contributed by atoms with Crippen LogP contribution in [0.25, 0.3) is 0 Å². The summed E-state index contributed by atoms with van der Waals surface area (Å²) in [6.07, 6.45) is 3.16. The Morgan fingerprint density at radius 3 is 1.24 bits per heavy atom. The van der Waals surface area contributed by atoms with Gasteiger partial charge in [-0.05, 0) is 51.1 Å². The first-order valence-electron chi connectivity index (χ1n) is 8.87. The van der Waals surface area contributed by atoms with Crippen molar-refractivity contribution in [2.75, 3.05) is 13.2 Å². The number of hydrogen-bond donors (Lipinski definition) is 0. The Hall–Kier alpha value is -0.906. The number of hydrogen-bond acceptors (Lipinski definition) is 10. The van der Waals surface area contributed by atoms with Crippen molar-refractivity contribution >= 4 is 57.7 Å². The van der Waals surface area contributed by atoms with Crippen molar-refractivity contribution < 1.29 is 60.4 Å². The SMILES string of the molecule is CCCCOOC(=S)C(=O)CC(C)=O.CCCCOOC(=S)C(=O)CC(C)=O.[Ti]. The van der Waals surface area contributed by atoms with Crippen molar-refractivity contribution in [3.63, 3.8) is 0 Å². The molecule has 0 saturated heterocycles. The molecule has 0 heterocycles. The van der Waals surface area contributed by atoms with E-state index >= 15 is 0 Å². The van der Waals surface area contributed by atoms with Crippen molar-refractivity contribution in [3.8, 4) is 0 Å². The molecule has 0 atom stereocenters. The minimum Gasteiger partial charge on any atom is -0.322 e. The van der Waals surface area contributed by atoms with Crippen LogP contribution in [0.2, 0.25) is 0 Å². The number of rotatable bonds is 14. The molecule has 11 heteroatoms. The Bertz CT molecular complexity index is 504. The fraction of sp³-hybridized carbons (Fsp3) is 0.667. The maximum absolute atomic E-state index is 11.1. The zero-order valence-corrected chi connectivity index (χ0v) is 20.4. The molecule has 0 rings (SSSR count). The molecule has 0 aromatic heterocycles. The second kappa shape index (κ2) is 21.8. The molecular formula is C18H28O8S2Ti. The van der Waals surface area contributed by atoms with Crippen LogP contribution in [-0.2, 0) is 60.4 Å². The summed E-state index contributed by atoms with van der Waals surface area (Å²) >= 11 is 9.19. The van der Waals surface area contributed by atoms with Gasteiger partial charge >= 0.3 is 0 Å². The fourth-order valence-corrected chi connectivity index (χ4v) is 1.53. The van der Waals surface area contributed by atoms with Crippen molar-refractivity contribution in [2.45, 2.75) is 66.2 Å². The molecule has 0 aliphatic carbocycles. The number of Topliss-reactive ketones (excluding diaryl/α,β-unsaturated/α-hetero) is 4. The van der Waals surface area contributed by atoms with Gasteiger partial charge in [-0.25, -0.2) is 0 Å². The zero-order valence-electron chi connectivity index (χ0n) is 17.2. The molecule has 29 heavy (non-hydrogen) atoms. The number of unbranched alkanes of at least 4 members (excludes halogenated alkanes) is 2. The molecule has 0 bridgehead atoms. The van der Waals surface area contributed by atoms with Crippen LogP contribution in [0.4, 0.5) is 0 Å². The Kier molecular flexibility index (Phi) is 24.6. The summed E-state index contributed by atoms with van der Waals surface area (Å²) < 4.78 is 0. The molecule has 164 valence electrons. The van der Waals surface area contributed by atoms with E-state index in [4.69, 9.17) is 0 Å². The van der Waals surface area contributed by atoms with Crippen LogP contribution < -0.4 is 0 Å². The van der Waals surface area contributed by atoms with Crippen molar-refractivity contribution in [2.24, 2.45) is 0 Å². The van der Waals surface area contributed by atoms with Crippen LogP contribution in [0.3, 0.4) is 0 Å². The standard InChI is InChI=1S/2C9H14O4S.Ti/c2*1-3-4-5-12-13-9(14)8(11)6-7(2)10;/h2*3-6H2,1-2H3;. The third-order valence-electron chi connectivity index (χ3n) is 2.71. The Morgan fingerprint density at radius 2 is 1.00 bits per heavy atom. The Labute approximate surface area is 197 Å². The van der Waals surface area contributed by atoms with E-state index in [2.05, 4.69) is 44.0 Å². The third-order valence-corrected chi connectivity index (χ3v) is 3.30. The van der Waals surface area contributed by atoms with E-state index in [1.807, 2.05) is 13.8 Å². The van der Waals surface area contributed by atoms with E-state index in [1.165, 1.54) is 13.8 Å². The second-order valence-electron chi connectivity index (χ2n) is 5.70. The molecule has 0 unspecified atom stereocenters. The van der Waals surface area contributed by atoms with Gasteiger partial charge in [-0.15, -0.1) is 0 Å². The minimum atomic E-state index is -0.510. The van der Waals surface area contributed by atoms with E-state index in [0.29, 0.717) is 13.2 Å². The van der Waals surface area contributed by atoms with Crippen LogP contribution >= 0.6 is 24.4 Å². The molecule has 0 aliphatic heterocycles. The largest absolute Gasteiger partial charge is 0.322 e. The molecule has 0 amide bonds. The van der Waals surface area contributed by atoms with Crippen LogP contribution in [0.1, 0.15) is 66.2 Å². The summed E-state index contributed by atoms with van der Waals surface area (Å²) in [5.74, 6) is -1.50. The van der Waals surface area contributed by atoms with Gasteiger partial charge in [0.05, 0.1) is 26.1 Å². The van der Waals surface area contributed by atoms with Crippen molar-refractivity contribution in [1.29, 1.82) is 0 Å². The van der Waals surface area contributed by atoms with E-state index in [1.54, 1.807) is 0 Å². The van der Waals surface area contributed by atoms with Crippen molar-refractivity contribution in [3.05, 3.63) is 0 Å². The van der Waals surface area contributed by atoms with Gasteiger partial charge in [0.15, 0.2) is 0 Å². The summed E-state index contributed by atoms with van der Waals surface area (Å²) in [5, 5.41) is -0.562. The minimum absolute atomic E-state index is 0. The number of thiocarbonyl (C=S) groups is 2. The summed E-state index contributed by atoms with van der Waals surface area (Å²) in [6, 6.07) is 0. The number of carbonyl (C=O) groups excluding carboxylic acids is 4. The van der Waals surface area contributed by atoms with Crippen LogP contribution in [0.5, 0.6) is 0 Å². The van der Waals surface area contributed by atoms with Crippen LogP contribution in [-0.4, -0.2) is 46.4 Å². The summed E-state index contributed by atoms with van der Waals surface area (Å²) in [6.45, 7) is 7.43. The van der Waals surface area contributed by atoms with Gasteiger partial charge in [-0.1, -0.05) is 26.7 Å². The van der Waals surface area contributed by atoms with Gasteiger partial charge in [0.25, 0.3) is 10.1 Å². The predicted octanol–water partition coefficient (Wildman–Crippen LogP) is 3.22. The average molecular weight is 484 g/mol. The van der Waals surface area contributed by atoms with E-state index < -0.39 is 11.6 Å². The zero-order chi connectivity index (χ0) is 21.9. The second-order valence-corrected chi connectivity index (χ2v) is 6.44. The van der Waals surface area contributed by atoms with Gasteiger partial charge in [0, 0.05) is 21.7 Å². The van der Waals surface area contributed by atoms with Gasteiger partial charge < -0.3 is 9.78 Å². The average Bonchev–Trinajstić information content (AvgIpc) is 2.61. The maximum atomic E-state index is 11.1. The van der Waals surface area contributed by atoms with E-state index in [0.717, 1.165) is 25.7 Å². The first kappa shape index (κ1) is 32.8. The van der Waals surface area contributed by atoms with Crippen molar-refractivity contribution in [1.82, 2.24) is 0 Å². The van der Waals surface area contributed by atoms with Gasteiger partial charge in [0.1, 0.15) is 11.6 Å². The summed E-state index contributed by atoms with van der Waals surface area (Å²) in [5.41, 5.74) is 0. The van der Waals surface area contributed by atoms with Gasteiger partial charge in [0.2, 0.25) is 11.6 Å². The molecule has 8 nitrogen and oxygen atoms in total. The quantitative estimate of drug-likeness (QED) is 0.0911. The Morgan fingerprint density at radius 1 is 0.690 bits per heavy atom. The molecule has 0 aromatic rings. The van der Waals surface area contributed by atoms with E-state index in [9.17, 15) is 19.2 Å². The fourth-order valence-electron chi connectivity index (χ4n) is 1.29. The molecule has 0 N–H and O–H groups in total. The van der Waals surface area contributed by atoms with Gasteiger partial charge in [-0.2, -0.15) is 9.78 Å². The molecule has 0 aromatic carbocycles. The molecular weight excluding hydrogens is 456 g/mol. The molecule has 0 fully saturated rings.